The van der Waals surface area contributed by atoms with Crippen LogP contribution in [0.2, 0.25) is 5.02 Å². The first-order chi connectivity index (χ1) is 16.1. The summed E-state index contributed by atoms with van der Waals surface area (Å²) in [4.78, 5) is 38.2. The van der Waals surface area contributed by atoms with E-state index in [1.165, 1.54) is 5.57 Å². The molecule has 0 saturated heterocycles. The molecule has 6 heteroatoms. The molecule has 1 amide bonds. The average Bonchev–Trinajstić information content (AvgIpc) is 3.09. The molecule has 3 saturated carbocycles. The summed E-state index contributed by atoms with van der Waals surface area (Å²) in [6.07, 6.45) is 8.21. The molecule has 5 nitrogen and oxygen atoms in total. The van der Waals surface area contributed by atoms with Crippen LogP contribution in [-0.2, 0) is 14.3 Å². The molecule has 1 aromatic carbocycles. The molecule has 0 heterocycles. The summed E-state index contributed by atoms with van der Waals surface area (Å²) in [6.45, 7) is 6.11. The molecular formula is C28H34ClNO4. The Morgan fingerprint density at radius 1 is 1.00 bits per heavy atom. The predicted molar refractivity (Wildman–Crippen MR) is 132 cm³/mol. The maximum Gasteiger partial charge on any atom is 0.412 e. The summed E-state index contributed by atoms with van der Waals surface area (Å²) in [6, 6.07) is 6.85. The van der Waals surface area contributed by atoms with Crippen molar-refractivity contribution in [1.29, 1.82) is 0 Å². The summed E-state index contributed by atoms with van der Waals surface area (Å²) in [5.74, 6) is 1.54. The number of halogens is 1. The number of anilines is 1. The summed E-state index contributed by atoms with van der Waals surface area (Å²) < 4.78 is 6.10. The molecular weight excluding hydrogens is 450 g/mol. The van der Waals surface area contributed by atoms with Gasteiger partial charge in [-0.25, -0.2) is 4.79 Å². The van der Waals surface area contributed by atoms with E-state index in [-0.39, 0.29) is 22.4 Å². The fraction of sp³-hybridized carbons (Fsp3) is 0.607. The standard InChI is InChI=1S/C28H34ClNO4/c1-17(31)28(34-25(33)30-20-7-5-19(29)6-8-20)15-12-24-22-9-4-18-16-21(32)10-13-26(18,2)23(22)11-14-27(24,28)3/h5-8,16,22-24H,4,9-15H2,1-3H3,(H,30,33)/t22-,23+,24+,26+,27+,28+/m1/s1. The second-order valence-electron chi connectivity index (χ2n) is 11.4. The van der Waals surface area contributed by atoms with Crippen LogP contribution in [0.25, 0.3) is 0 Å². The molecule has 0 aromatic heterocycles. The zero-order valence-electron chi connectivity index (χ0n) is 20.3. The fourth-order valence-electron chi connectivity index (χ4n) is 8.21. The van der Waals surface area contributed by atoms with Crippen molar-refractivity contribution in [1.82, 2.24) is 0 Å². The van der Waals surface area contributed by atoms with E-state index < -0.39 is 11.7 Å². The molecule has 0 spiro atoms. The van der Waals surface area contributed by atoms with Gasteiger partial charge in [-0.3, -0.25) is 14.9 Å². The second-order valence-corrected chi connectivity index (χ2v) is 11.8. The zero-order chi connectivity index (χ0) is 24.3. The first-order valence-corrected chi connectivity index (χ1v) is 13.0. The third-order valence-electron chi connectivity index (χ3n) is 10.0. The lowest BCUT2D eigenvalue weighted by Crippen LogP contribution is -2.59. The van der Waals surface area contributed by atoms with Crippen LogP contribution in [0.1, 0.15) is 72.1 Å². The first-order valence-electron chi connectivity index (χ1n) is 12.6. The van der Waals surface area contributed by atoms with E-state index in [1.807, 2.05) is 6.08 Å². The van der Waals surface area contributed by atoms with Gasteiger partial charge < -0.3 is 4.74 Å². The predicted octanol–water partition coefficient (Wildman–Crippen LogP) is 6.75. The van der Waals surface area contributed by atoms with E-state index in [0.29, 0.717) is 41.3 Å². The van der Waals surface area contributed by atoms with Crippen LogP contribution >= 0.6 is 11.6 Å². The Bertz CT molecular complexity index is 1060. The van der Waals surface area contributed by atoms with Crippen molar-refractivity contribution < 1.29 is 19.1 Å². The molecule has 0 radical (unpaired) electrons. The second kappa shape index (κ2) is 8.22. The molecule has 34 heavy (non-hydrogen) atoms. The first kappa shape index (κ1) is 23.6. The van der Waals surface area contributed by atoms with Gasteiger partial charge in [0.15, 0.2) is 17.2 Å². The van der Waals surface area contributed by atoms with E-state index in [0.717, 1.165) is 38.5 Å². The monoisotopic (exact) mass is 483 g/mol. The van der Waals surface area contributed by atoms with Crippen LogP contribution < -0.4 is 5.32 Å². The van der Waals surface area contributed by atoms with Crippen LogP contribution in [0.3, 0.4) is 0 Å². The quantitative estimate of drug-likeness (QED) is 0.516. The Hall–Kier alpha value is -2.14. The van der Waals surface area contributed by atoms with Gasteiger partial charge in [-0.05, 0) is 105 Å². The number of hydrogen-bond acceptors (Lipinski definition) is 4. The highest BCUT2D eigenvalue weighted by atomic mass is 35.5. The largest absolute Gasteiger partial charge is 0.434 e. The van der Waals surface area contributed by atoms with Crippen LogP contribution in [-0.4, -0.2) is 23.3 Å². The summed E-state index contributed by atoms with van der Waals surface area (Å²) >= 11 is 5.95. The summed E-state index contributed by atoms with van der Waals surface area (Å²) in [5, 5.41) is 3.37. The number of nitrogens with one attached hydrogen (secondary N) is 1. The summed E-state index contributed by atoms with van der Waals surface area (Å²) in [5.41, 5.74) is 0.496. The van der Waals surface area contributed by atoms with Crippen LogP contribution in [0, 0.1) is 28.6 Å². The molecule has 0 aliphatic heterocycles. The van der Waals surface area contributed by atoms with Gasteiger partial charge in [0, 0.05) is 22.5 Å². The van der Waals surface area contributed by atoms with Gasteiger partial charge >= 0.3 is 6.09 Å². The number of carbonyl (C=O) groups is 3. The minimum Gasteiger partial charge on any atom is -0.434 e. The molecule has 182 valence electrons. The minimum atomic E-state index is -1.11. The number of Topliss-reactive ketones (excluding diaryl/α,β-unsaturated/α-hetero) is 1. The van der Waals surface area contributed by atoms with E-state index in [1.54, 1.807) is 31.2 Å². The molecule has 3 fully saturated rings. The van der Waals surface area contributed by atoms with E-state index in [9.17, 15) is 14.4 Å². The van der Waals surface area contributed by atoms with Gasteiger partial charge in [0.1, 0.15) is 0 Å². The molecule has 5 rings (SSSR count). The molecule has 1 N–H and O–H groups in total. The lowest BCUT2D eigenvalue weighted by atomic mass is 9.46. The maximum absolute atomic E-state index is 13.2. The minimum absolute atomic E-state index is 0.0620. The van der Waals surface area contributed by atoms with Crippen molar-refractivity contribution >= 4 is 34.9 Å². The van der Waals surface area contributed by atoms with Crippen molar-refractivity contribution in [3.05, 3.63) is 40.9 Å². The number of allylic oxidation sites excluding steroid dienone is 1. The Morgan fingerprint density at radius 2 is 1.71 bits per heavy atom. The number of fused-ring (bicyclic) bond motifs is 5. The van der Waals surface area contributed by atoms with Gasteiger partial charge in [0.2, 0.25) is 0 Å². The highest BCUT2D eigenvalue weighted by molar-refractivity contribution is 6.30. The highest BCUT2D eigenvalue weighted by Crippen LogP contribution is 2.68. The highest BCUT2D eigenvalue weighted by Gasteiger charge is 2.68. The number of amides is 1. The third-order valence-corrected chi connectivity index (χ3v) is 10.3. The lowest BCUT2D eigenvalue weighted by Gasteiger charge is -2.59. The molecule has 4 aliphatic rings. The number of hydrogen-bond donors (Lipinski definition) is 1. The average molecular weight is 484 g/mol. The normalized spacial score (nSPS) is 38.8. The maximum atomic E-state index is 13.2. The number of ether oxygens (including phenoxy) is 1. The number of ketones is 2. The van der Waals surface area contributed by atoms with Crippen molar-refractivity contribution in [2.75, 3.05) is 5.32 Å². The van der Waals surface area contributed by atoms with Gasteiger partial charge in [0.05, 0.1) is 0 Å². The molecule has 1 aromatic rings. The third kappa shape index (κ3) is 3.45. The Balaban J connectivity index is 1.41. The topological polar surface area (TPSA) is 72.5 Å². The fourth-order valence-corrected chi connectivity index (χ4v) is 8.34. The van der Waals surface area contributed by atoms with E-state index >= 15 is 0 Å². The van der Waals surface area contributed by atoms with Crippen molar-refractivity contribution in [2.24, 2.45) is 28.6 Å². The molecule has 4 aliphatic carbocycles. The zero-order valence-corrected chi connectivity index (χ0v) is 21.0. The SMILES string of the molecule is CC(=O)[C@@]1(OC(=O)Nc2ccc(Cl)cc2)CC[C@H]2[C@@H]3CCC4=CC(=O)CC[C@]4(C)[C@H]3CC[C@@]21C. The van der Waals surface area contributed by atoms with Gasteiger partial charge in [-0.15, -0.1) is 0 Å². The van der Waals surface area contributed by atoms with Crippen LogP contribution in [0.15, 0.2) is 35.9 Å². The molecule has 0 bridgehead atoms. The Kier molecular flexibility index (Phi) is 5.70. The Morgan fingerprint density at radius 3 is 2.41 bits per heavy atom. The van der Waals surface area contributed by atoms with Gasteiger partial charge in [0.25, 0.3) is 0 Å². The smallest absolute Gasteiger partial charge is 0.412 e. The number of carbonyl (C=O) groups excluding carboxylic acids is 3. The van der Waals surface area contributed by atoms with Crippen molar-refractivity contribution in [3.63, 3.8) is 0 Å². The van der Waals surface area contributed by atoms with Crippen molar-refractivity contribution in [2.45, 2.75) is 77.7 Å². The van der Waals surface area contributed by atoms with E-state index in [2.05, 4.69) is 19.2 Å². The molecule has 0 unspecified atom stereocenters. The van der Waals surface area contributed by atoms with E-state index in [4.69, 9.17) is 16.3 Å². The Labute approximate surface area is 206 Å². The van der Waals surface area contributed by atoms with Crippen molar-refractivity contribution in [3.8, 4) is 0 Å². The summed E-state index contributed by atoms with van der Waals surface area (Å²) in [7, 11) is 0. The number of benzene rings is 1. The van der Waals surface area contributed by atoms with Crippen LogP contribution in [0.5, 0.6) is 0 Å². The van der Waals surface area contributed by atoms with Gasteiger partial charge in [-0.2, -0.15) is 0 Å². The molecule has 6 atom stereocenters. The number of rotatable bonds is 3. The van der Waals surface area contributed by atoms with Crippen LogP contribution in [0.4, 0.5) is 10.5 Å². The lowest BCUT2D eigenvalue weighted by molar-refractivity contribution is -0.159. The van der Waals surface area contributed by atoms with Gasteiger partial charge in [-0.1, -0.05) is 31.0 Å².